The number of rotatable bonds is 3. The van der Waals surface area contributed by atoms with Gasteiger partial charge in [0, 0.05) is 0 Å². The molecule has 0 amide bonds. The molecule has 0 spiro atoms. The lowest BCUT2D eigenvalue weighted by Crippen LogP contribution is -2.46. The summed E-state index contributed by atoms with van der Waals surface area (Å²) >= 11 is 0. The van der Waals surface area contributed by atoms with Gasteiger partial charge in [0.25, 0.3) is 0 Å². The Kier molecular flexibility index (Phi) is 3.30. The summed E-state index contributed by atoms with van der Waals surface area (Å²) in [5, 5.41) is 19.3. The Morgan fingerprint density at radius 1 is 1.32 bits per heavy atom. The molecule has 104 valence electrons. The quantitative estimate of drug-likeness (QED) is 0.891. The Morgan fingerprint density at radius 2 is 1.95 bits per heavy atom. The van der Waals surface area contributed by atoms with Gasteiger partial charge in [-0.15, -0.1) is 0 Å². The number of carbonyl (C=O) groups is 1. The van der Waals surface area contributed by atoms with Crippen LogP contribution in [0.25, 0.3) is 0 Å². The van der Waals surface area contributed by atoms with Crippen molar-refractivity contribution in [3.8, 4) is 0 Å². The molecule has 1 saturated carbocycles. The molecule has 1 unspecified atom stereocenters. The molecule has 2 N–H and O–H groups in total. The summed E-state index contributed by atoms with van der Waals surface area (Å²) in [7, 11) is 0. The summed E-state index contributed by atoms with van der Waals surface area (Å²) in [4.78, 5) is 11.3. The van der Waals surface area contributed by atoms with E-state index in [0.717, 1.165) is 18.2 Å². The Labute approximate surface area is 107 Å². The van der Waals surface area contributed by atoms with Crippen molar-refractivity contribution in [1.82, 2.24) is 0 Å². The van der Waals surface area contributed by atoms with Crippen LogP contribution < -0.4 is 0 Å². The molecule has 1 atom stereocenters. The molecule has 1 aromatic carbocycles. The van der Waals surface area contributed by atoms with Crippen molar-refractivity contribution < 1.29 is 28.2 Å². The summed E-state index contributed by atoms with van der Waals surface area (Å²) in [6.07, 6.45) is -3.26. The molecule has 0 saturated heterocycles. The molecule has 1 aromatic rings. The number of aliphatic hydroxyl groups is 1. The van der Waals surface area contributed by atoms with Crippen LogP contribution in [0.2, 0.25) is 0 Å². The van der Waals surface area contributed by atoms with Gasteiger partial charge in [-0.1, -0.05) is 18.2 Å². The number of hydrogen-bond acceptors (Lipinski definition) is 2. The van der Waals surface area contributed by atoms with Gasteiger partial charge in [0.15, 0.2) is 0 Å². The first-order chi connectivity index (χ1) is 8.74. The first kappa shape index (κ1) is 13.9. The van der Waals surface area contributed by atoms with Gasteiger partial charge in [-0.25, -0.2) is 0 Å². The fraction of sp³-hybridized carbons (Fsp3) is 0.462. The number of halogens is 3. The van der Waals surface area contributed by atoms with Crippen molar-refractivity contribution in [1.29, 1.82) is 0 Å². The van der Waals surface area contributed by atoms with Gasteiger partial charge >= 0.3 is 12.1 Å². The Bertz CT molecular complexity index is 492. The number of carboxylic acid groups (broad SMARTS) is 1. The van der Waals surface area contributed by atoms with Gasteiger partial charge in [0.05, 0.1) is 11.2 Å². The van der Waals surface area contributed by atoms with Crippen molar-refractivity contribution >= 4 is 5.97 Å². The molecular weight excluding hydrogens is 261 g/mol. The molecule has 0 bridgehead atoms. The summed E-state index contributed by atoms with van der Waals surface area (Å²) in [6, 6.07) is 4.16. The minimum absolute atomic E-state index is 0.00970. The van der Waals surface area contributed by atoms with Gasteiger partial charge in [-0.3, -0.25) is 4.79 Å². The van der Waals surface area contributed by atoms with Crippen LogP contribution in [0.4, 0.5) is 13.2 Å². The number of aliphatic carboxylic acids is 1. The van der Waals surface area contributed by atoms with E-state index in [4.69, 9.17) is 0 Å². The van der Waals surface area contributed by atoms with Gasteiger partial charge < -0.3 is 10.2 Å². The maximum atomic E-state index is 12.6. The van der Waals surface area contributed by atoms with Crippen LogP contribution in [0, 0.1) is 0 Å². The Morgan fingerprint density at radius 3 is 2.37 bits per heavy atom. The van der Waals surface area contributed by atoms with Crippen molar-refractivity contribution in [2.75, 3.05) is 0 Å². The molecule has 0 heterocycles. The predicted octanol–water partition coefficient (Wildman–Crippen LogP) is 2.79. The number of carboxylic acids is 1. The van der Waals surface area contributed by atoms with Crippen molar-refractivity contribution in [3.05, 3.63) is 35.4 Å². The lowest BCUT2D eigenvalue weighted by Gasteiger charge is -2.41. The number of hydrogen-bond donors (Lipinski definition) is 2. The summed E-state index contributed by atoms with van der Waals surface area (Å²) in [5.74, 6) is -2.62. The van der Waals surface area contributed by atoms with Crippen LogP contribution in [-0.4, -0.2) is 21.8 Å². The van der Waals surface area contributed by atoms with Gasteiger partial charge in [-0.05, 0) is 30.9 Å². The van der Waals surface area contributed by atoms with E-state index in [1.165, 1.54) is 6.07 Å². The van der Waals surface area contributed by atoms with E-state index in [2.05, 4.69) is 0 Å². The molecule has 3 nitrogen and oxygen atoms in total. The average Bonchev–Trinajstić information content (AvgIpc) is 2.26. The molecule has 6 heteroatoms. The Balaban J connectivity index is 2.41. The number of benzene rings is 1. The molecule has 0 aromatic heterocycles. The van der Waals surface area contributed by atoms with Gasteiger partial charge in [-0.2, -0.15) is 13.2 Å². The minimum atomic E-state index is -4.53. The van der Waals surface area contributed by atoms with Crippen LogP contribution in [0.15, 0.2) is 24.3 Å². The highest BCUT2D eigenvalue weighted by atomic mass is 19.4. The van der Waals surface area contributed by atoms with E-state index < -0.39 is 29.2 Å². The SMILES string of the molecule is O=C(O)C(c1cccc(C(F)(F)F)c1)C1(O)CCC1. The second-order valence-electron chi connectivity index (χ2n) is 4.85. The van der Waals surface area contributed by atoms with E-state index in [-0.39, 0.29) is 5.56 Å². The second-order valence-corrected chi connectivity index (χ2v) is 4.85. The minimum Gasteiger partial charge on any atom is -0.481 e. The van der Waals surface area contributed by atoms with Gasteiger partial charge in [0.1, 0.15) is 5.92 Å². The van der Waals surface area contributed by atoms with Crippen LogP contribution in [-0.2, 0) is 11.0 Å². The molecule has 0 radical (unpaired) electrons. The van der Waals surface area contributed by atoms with Crippen molar-refractivity contribution in [3.63, 3.8) is 0 Å². The average molecular weight is 274 g/mol. The largest absolute Gasteiger partial charge is 0.481 e. The third kappa shape index (κ3) is 2.58. The molecule has 1 aliphatic carbocycles. The zero-order valence-electron chi connectivity index (χ0n) is 9.94. The van der Waals surface area contributed by atoms with Gasteiger partial charge in [0.2, 0.25) is 0 Å². The summed E-state index contributed by atoms with van der Waals surface area (Å²) in [5.41, 5.74) is -2.35. The zero-order chi connectivity index (χ0) is 14.3. The van der Waals surface area contributed by atoms with Crippen molar-refractivity contribution in [2.45, 2.75) is 37.0 Å². The highest BCUT2D eigenvalue weighted by Gasteiger charge is 2.47. The highest BCUT2D eigenvalue weighted by Crippen LogP contribution is 2.44. The number of alkyl halides is 3. The van der Waals surface area contributed by atoms with E-state index >= 15 is 0 Å². The predicted molar refractivity (Wildman–Crippen MR) is 60.6 cm³/mol. The molecule has 19 heavy (non-hydrogen) atoms. The smallest absolute Gasteiger partial charge is 0.416 e. The topological polar surface area (TPSA) is 57.5 Å². The standard InChI is InChI=1S/C13H13F3O3/c14-13(15,16)9-4-1-3-8(7-9)10(11(17)18)12(19)5-2-6-12/h1,3-4,7,10,19H,2,5-6H2,(H,17,18). The fourth-order valence-corrected chi connectivity index (χ4v) is 2.40. The summed E-state index contributed by atoms with van der Waals surface area (Å²) < 4.78 is 37.8. The maximum absolute atomic E-state index is 12.6. The van der Waals surface area contributed by atoms with Crippen LogP contribution in [0.3, 0.4) is 0 Å². The van der Waals surface area contributed by atoms with E-state index in [0.29, 0.717) is 19.3 Å². The normalized spacial score (nSPS) is 19.6. The van der Waals surface area contributed by atoms with E-state index in [1.54, 1.807) is 0 Å². The Hall–Kier alpha value is -1.56. The molecule has 0 aliphatic heterocycles. The maximum Gasteiger partial charge on any atom is 0.416 e. The second kappa shape index (κ2) is 4.52. The zero-order valence-corrected chi connectivity index (χ0v) is 9.94. The third-order valence-corrected chi connectivity index (χ3v) is 3.55. The fourth-order valence-electron chi connectivity index (χ4n) is 2.40. The van der Waals surface area contributed by atoms with E-state index in [9.17, 15) is 28.2 Å². The lowest BCUT2D eigenvalue weighted by atomic mass is 9.68. The van der Waals surface area contributed by atoms with Crippen LogP contribution in [0.1, 0.15) is 36.3 Å². The highest BCUT2D eigenvalue weighted by molar-refractivity contribution is 5.78. The first-order valence-corrected chi connectivity index (χ1v) is 5.86. The molecule has 2 rings (SSSR count). The van der Waals surface area contributed by atoms with Crippen LogP contribution in [0.5, 0.6) is 0 Å². The van der Waals surface area contributed by atoms with Crippen LogP contribution >= 0.6 is 0 Å². The molecular formula is C13H13F3O3. The lowest BCUT2D eigenvalue weighted by molar-refractivity contribution is -0.151. The van der Waals surface area contributed by atoms with Crippen molar-refractivity contribution in [2.24, 2.45) is 0 Å². The molecule has 1 fully saturated rings. The summed E-state index contributed by atoms with van der Waals surface area (Å²) in [6.45, 7) is 0. The van der Waals surface area contributed by atoms with E-state index in [1.807, 2.05) is 0 Å². The third-order valence-electron chi connectivity index (χ3n) is 3.55. The first-order valence-electron chi connectivity index (χ1n) is 5.86. The monoisotopic (exact) mass is 274 g/mol. The molecule has 1 aliphatic rings.